The third kappa shape index (κ3) is 2.95. The Kier molecular flexibility index (Phi) is 4.68. The summed E-state index contributed by atoms with van der Waals surface area (Å²) in [7, 11) is 0. The number of H-pyrrole nitrogens is 1. The van der Waals surface area contributed by atoms with E-state index in [0.29, 0.717) is 18.3 Å². The van der Waals surface area contributed by atoms with Crippen molar-refractivity contribution in [2.45, 2.75) is 52.6 Å². The van der Waals surface area contributed by atoms with E-state index in [9.17, 15) is 4.79 Å². The summed E-state index contributed by atoms with van der Waals surface area (Å²) in [5, 5.41) is 1.27. The highest BCUT2D eigenvalue weighted by molar-refractivity contribution is 5.86. The summed E-state index contributed by atoms with van der Waals surface area (Å²) in [4.78, 5) is 18.4. The molecule has 0 spiro atoms. The van der Waals surface area contributed by atoms with Crippen LogP contribution in [0.4, 0.5) is 0 Å². The zero-order chi connectivity index (χ0) is 17.4. The SMILES string of the molecule is CC(C)CC(=O)N1CCc2c([nH]c3ccccc23)C1C(N)C(C)C. The van der Waals surface area contributed by atoms with Crippen molar-refractivity contribution >= 4 is 16.8 Å². The summed E-state index contributed by atoms with van der Waals surface area (Å²) in [6.45, 7) is 9.20. The molecular formula is C20H29N3O. The minimum atomic E-state index is -0.0757. The molecule has 1 aliphatic rings. The summed E-state index contributed by atoms with van der Waals surface area (Å²) >= 11 is 0. The molecule has 0 saturated heterocycles. The smallest absolute Gasteiger partial charge is 0.223 e. The Labute approximate surface area is 144 Å². The van der Waals surface area contributed by atoms with Crippen molar-refractivity contribution in [3.8, 4) is 0 Å². The highest BCUT2D eigenvalue weighted by Gasteiger charge is 2.37. The lowest BCUT2D eigenvalue weighted by molar-refractivity contribution is -0.135. The number of rotatable bonds is 4. The molecule has 0 radical (unpaired) electrons. The van der Waals surface area contributed by atoms with Crippen molar-refractivity contribution in [1.82, 2.24) is 9.88 Å². The number of fused-ring (bicyclic) bond motifs is 3. The molecule has 2 heterocycles. The van der Waals surface area contributed by atoms with Gasteiger partial charge in [-0.2, -0.15) is 0 Å². The third-order valence-electron chi connectivity index (χ3n) is 5.12. The quantitative estimate of drug-likeness (QED) is 0.901. The van der Waals surface area contributed by atoms with Crippen LogP contribution in [0.25, 0.3) is 10.9 Å². The maximum atomic E-state index is 12.8. The Morgan fingerprint density at radius 3 is 2.67 bits per heavy atom. The Bertz CT molecular complexity index is 732. The second-order valence-corrected chi connectivity index (χ2v) is 7.76. The Balaban J connectivity index is 2.06. The van der Waals surface area contributed by atoms with Crippen molar-refractivity contribution in [3.63, 3.8) is 0 Å². The molecule has 2 aromatic rings. The van der Waals surface area contributed by atoms with Gasteiger partial charge < -0.3 is 15.6 Å². The topological polar surface area (TPSA) is 62.1 Å². The van der Waals surface area contributed by atoms with Crippen LogP contribution < -0.4 is 5.73 Å². The predicted octanol–water partition coefficient (Wildman–Crippen LogP) is 3.62. The number of carbonyl (C=O) groups excluding carboxylic acids is 1. The van der Waals surface area contributed by atoms with Gasteiger partial charge in [0, 0.05) is 35.6 Å². The molecular weight excluding hydrogens is 298 g/mol. The number of nitrogens with two attached hydrogens (primary N) is 1. The Morgan fingerprint density at radius 2 is 2.00 bits per heavy atom. The van der Waals surface area contributed by atoms with Gasteiger partial charge in [-0.25, -0.2) is 0 Å². The summed E-state index contributed by atoms with van der Waals surface area (Å²) in [6.07, 6.45) is 1.47. The molecule has 1 aromatic carbocycles. The Hall–Kier alpha value is -1.81. The molecule has 0 saturated carbocycles. The van der Waals surface area contributed by atoms with Crippen molar-refractivity contribution in [2.75, 3.05) is 6.54 Å². The van der Waals surface area contributed by atoms with Crippen LogP contribution in [0.15, 0.2) is 24.3 Å². The normalized spacial score (nSPS) is 19.1. The van der Waals surface area contributed by atoms with E-state index in [4.69, 9.17) is 5.73 Å². The lowest BCUT2D eigenvalue weighted by Gasteiger charge is -2.40. The highest BCUT2D eigenvalue weighted by Crippen LogP contribution is 2.37. The summed E-state index contributed by atoms with van der Waals surface area (Å²) in [6, 6.07) is 8.24. The average molecular weight is 327 g/mol. The van der Waals surface area contributed by atoms with Crippen LogP contribution in [0.3, 0.4) is 0 Å². The summed E-state index contributed by atoms with van der Waals surface area (Å²) in [5.41, 5.74) is 10.2. The molecule has 4 nitrogen and oxygen atoms in total. The van der Waals surface area contributed by atoms with Crippen LogP contribution in [0.2, 0.25) is 0 Å². The van der Waals surface area contributed by atoms with E-state index in [-0.39, 0.29) is 18.0 Å². The number of hydrogen-bond donors (Lipinski definition) is 2. The van der Waals surface area contributed by atoms with Gasteiger partial charge >= 0.3 is 0 Å². The molecule has 3 rings (SSSR count). The largest absolute Gasteiger partial charge is 0.356 e. The van der Waals surface area contributed by atoms with Gasteiger partial charge in [-0.3, -0.25) is 4.79 Å². The molecule has 0 fully saturated rings. The van der Waals surface area contributed by atoms with Gasteiger partial charge in [-0.05, 0) is 29.9 Å². The lowest BCUT2D eigenvalue weighted by Crippen LogP contribution is -2.50. The fourth-order valence-electron chi connectivity index (χ4n) is 3.78. The maximum absolute atomic E-state index is 12.8. The molecule has 0 aliphatic carbocycles. The number of carbonyl (C=O) groups is 1. The molecule has 4 heteroatoms. The van der Waals surface area contributed by atoms with Gasteiger partial charge in [-0.1, -0.05) is 45.9 Å². The van der Waals surface area contributed by atoms with E-state index >= 15 is 0 Å². The highest BCUT2D eigenvalue weighted by atomic mass is 16.2. The molecule has 3 N–H and O–H groups in total. The number of nitrogens with one attached hydrogen (secondary N) is 1. The van der Waals surface area contributed by atoms with Crippen LogP contribution in [0, 0.1) is 11.8 Å². The predicted molar refractivity (Wildman–Crippen MR) is 98.7 cm³/mol. The molecule has 2 atom stereocenters. The van der Waals surface area contributed by atoms with E-state index in [1.165, 1.54) is 10.9 Å². The number of nitrogens with zero attached hydrogens (tertiary/aromatic N) is 1. The average Bonchev–Trinajstić information content (AvgIpc) is 2.91. The van der Waals surface area contributed by atoms with Crippen molar-refractivity contribution < 1.29 is 4.79 Å². The standard InChI is InChI=1S/C20H29N3O/c1-12(2)11-17(24)23-10-9-15-14-7-5-6-8-16(14)22-19(15)20(23)18(21)13(3)4/h5-8,12-13,18,20,22H,9-11,21H2,1-4H3. The summed E-state index contributed by atoms with van der Waals surface area (Å²) < 4.78 is 0. The monoisotopic (exact) mass is 327 g/mol. The number of para-hydroxylation sites is 1. The number of amides is 1. The van der Waals surface area contributed by atoms with Crippen molar-refractivity contribution in [1.29, 1.82) is 0 Å². The van der Waals surface area contributed by atoms with Gasteiger partial charge in [0.1, 0.15) is 0 Å². The minimum absolute atomic E-state index is 0.0626. The fourth-order valence-corrected chi connectivity index (χ4v) is 3.78. The lowest BCUT2D eigenvalue weighted by atomic mass is 9.87. The van der Waals surface area contributed by atoms with Gasteiger partial charge in [0.25, 0.3) is 0 Å². The number of aromatic nitrogens is 1. The Morgan fingerprint density at radius 1 is 1.29 bits per heavy atom. The van der Waals surface area contributed by atoms with Crippen LogP contribution in [0.5, 0.6) is 0 Å². The van der Waals surface area contributed by atoms with Crippen LogP contribution in [-0.2, 0) is 11.2 Å². The minimum Gasteiger partial charge on any atom is -0.356 e. The van der Waals surface area contributed by atoms with Crippen molar-refractivity contribution in [2.24, 2.45) is 17.6 Å². The third-order valence-corrected chi connectivity index (χ3v) is 5.12. The zero-order valence-electron chi connectivity index (χ0n) is 15.2. The van der Waals surface area contributed by atoms with Crippen molar-refractivity contribution in [3.05, 3.63) is 35.5 Å². The number of hydrogen-bond acceptors (Lipinski definition) is 2. The van der Waals surface area contributed by atoms with Crippen LogP contribution >= 0.6 is 0 Å². The second kappa shape index (κ2) is 6.60. The first-order chi connectivity index (χ1) is 11.4. The molecule has 1 aliphatic heterocycles. The first-order valence-electron chi connectivity index (χ1n) is 9.04. The first-order valence-corrected chi connectivity index (χ1v) is 9.04. The van der Waals surface area contributed by atoms with Crippen LogP contribution in [-0.4, -0.2) is 28.4 Å². The molecule has 130 valence electrons. The maximum Gasteiger partial charge on any atom is 0.223 e. The molecule has 0 bridgehead atoms. The van der Waals surface area contributed by atoms with E-state index in [2.05, 4.69) is 50.9 Å². The first kappa shape index (κ1) is 17.0. The molecule has 2 unspecified atom stereocenters. The fraction of sp³-hybridized carbons (Fsp3) is 0.550. The van der Waals surface area contributed by atoms with Gasteiger partial charge in [0.2, 0.25) is 5.91 Å². The molecule has 1 amide bonds. The van der Waals surface area contributed by atoms with Gasteiger partial charge in [0.05, 0.1) is 6.04 Å². The van der Waals surface area contributed by atoms with Crippen LogP contribution in [0.1, 0.15) is 51.4 Å². The molecule has 24 heavy (non-hydrogen) atoms. The summed E-state index contributed by atoms with van der Waals surface area (Å²) in [5.74, 6) is 0.884. The number of aromatic amines is 1. The second-order valence-electron chi connectivity index (χ2n) is 7.76. The van der Waals surface area contributed by atoms with Gasteiger partial charge in [0.15, 0.2) is 0 Å². The van der Waals surface area contributed by atoms with E-state index in [1.54, 1.807) is 0 Å². The number of benzene rings is 1. The zero-order valence-corrected chi connectivity index (χ0v) is 15.2. The molecule has 1 aromatic heterocycles. The van der Waals surface area contributed by atoms with E-state index < -0.39 is 0 Å². The van der Waals surface area contributed by atoms with Gasteiger partial charge in [-0.15, -0.1) is 0 Å². The van der Waals surface area contributed by atoms with E-state index in [1.807, 2.05) is 11.0 Å². The van der Waals surface area contributed by atoms with E-state index in [0.717, 1.165) is 24.2 Å².